The van der Waals surface area contributed by atoms with E-state index >= 15 is 0 Å². The van der Waals surface area contributed by atoms with E-state index in [0.29, 0.717) is 6.42 Å². The highest BCUT2D eigenvalue weighted by atomic mass is 19.3. The number of aliphatic hydroxyl groups is 1. The molecule has 2 aliphatic carbocycles. The van der Waals surface area contributed by atoms with Gasteiger partial charge in [0.25, 0.3) is 0 Å². The van der Waals surface area contributed by atoms with Crippen LogP contribution in [0.2, 0.25) is 0 Å². The van der Waals surface area contributed by atoms with Crippen LogP contribution in [0.1, 0.15) is 38.1 Å². The van der Waals surface area contributed by atoms with E-state index in [1.807, 2.05) is 0 Å². The topological polar surface area (TPSA) is 67.2 Å². The fraction of sp³-hybridized carbons (Fsp3) is 0.714. The molecule has 116 valence electrons. The first kappa shape index (κ1) is 14.4. The van der Waals surface area contributed by atoms with Crippen LogP contribution in [0.4, 0.5) is 8.78 Å². The quantitative estimate of drug-likeness (QED) is 0.889. The van der Waals surface area contributed by atoms with Crippen molar-refractivity contribution in [2.24, 2.45) is 5.92 Å². The van der Waals surface area contributed by atoms with Crippen molar-refractivity contribution in [3.05, 3.63) is 18.5 Å². The zero-order chi connectivity index (χ0) is 15.0. The third-order valence-corrected chi connectivity index (χ3v) is 4.55. The van der Waals surface area contributed by atoms with Crippen molar-refractivity contribution in [3.63, 3.8) is 0 Å². The molecule has 3 atom stereocenters. The number of aliphatic hydroxyl groups excluding tert-OH is 1. The first-order valence-electron chi connectivity index (χ1n) is 7.32. The molecule has 3 rings (SSSR count). The molecule has 0 aromatic carbocycles. The number of carbonyl (C=O) groups is 1. The lowest BCUT2D eigenvalue weighted by molar-refractivity contribution is -0.132. The van der Waals surface area contributed by atoms with Gasteiger partial charge in [0.1, 0.15) is 0 Å². The first-order valence-corrected chi connectivity index (χ1v) is 7.32. The maximum absolute atomic E-state index is 13.1. The summed E-state index contributed by atoms with van der Waals surface area (Å²) < 4.78 is 27.8. The van der Waals surface area contributed by atoms with Crippen molar-refractivity contribution in [2.75, 3.05) is 0 Å². The Morgan fingerprint density at radius 1 is 1.38 bits per heavy atom. The number of aromatic nitrogens is 2. The molecule has 1 heterocycles. The Kier molecular flexibility index (Phi) is 3.69. The number of hydrogen-bond donors (Lipinski definition) is 2. The van der Waals surface area contributed by atoms with Gasteiger partial charge in [-0.05, 0) is 25.3 Å². The van der Waals surface area contributed by atoms with Gasteiger partial charge in [0.05, 0.1) is 18.2 Å². The summed E-state index contributed by atoms with van der Waals surface area (Å²) in [4.78, 5) is 12.2. The SMILES string of the molecule is O=C(N[C@H]1C[C@@H](O)[C@@H]1n1cccn1)C1CCC(F)(F)CC1. The molecule has 1 amide bonds. The smallest absolute Gasteiger partial charge is 0.248 e. The van der Waals surface area contributed by atoms with E-state index in [4.69, 9.17) is 0 Å². The third kappa shape index (κ3) is 2.92. The fourth-order valence-electron chi connectivity index (χ4n) is 3.18. The monoisotopic (exact) mass is 299 g/mol. The number of alkyl halides is 2. The lowest BCUT2D eigenvalue weighted by Crippen LogP contribution is -2.57. The zero-order valence-electron chi connectivity index (χ0n) is 11.6. The molecular weight excluding hydrogens is 280 g/mol. The van der Waals surface area contributed by atoms with Gasteiger partial charge in [-0.1, -0.05) is 0 Å². The Balaban J connectivity index is 1.56. The number of nitrogens with one attached hydrogen (secondary N) is 1. The van der Waals surface area contributed by atoms with E-state index in [1.165, 1.54) is 0 Å². The average molecular weight is 299 g/mol. The molecule has 5 nitrogen and oxygen atoms in total. The second-order valence-corrected chi connectivity index (χ2v) is 6.03. The molecule has 0 bridgehead atoms. The molecule has 21 heavy (non-hydrogen) atoms. The van der Waals surface area contributed by atoms with E-state index in [-0.39, 0.29) is 49.6 Å². The van der Waals surface area contributed by atoms with E-state index in [1.54, 1.807) is 23.1 Å². The second-order valence-electron chi connectivity index (χ2n) is 6.03. The molecular formula is C14H19F2N3O2. The number of rotatable bonds is 3. The van der Waals surface area contributed by atoms with E-state index in [9.17, 15) is 18.7 Å². The Morgan fingerprint density at radius 3 is 2.67 bits per heavy atom. The summed E-state index contributed by atoms with van der Waals surface area (Å²) in [6.45, 7) is 0. The Morgan fingerprint density at radius 2 is 2.10 bits per heavy atom. The molecule has 0 radical (unpaired) electrons. The van der Waals surface area contributed by atoms with Gasteiger partial charge in [0.15, 0.2) is 0 Å². The highest BCUT2D eigenvalue weighted by Crippen LogP contribution is 2.37. The summed E-state index contributed by atoms with van der Waals surface area (Å²) in [5.41, 5.74) is 0. The van der Waals surface area contributed by atoms with Crippen molar-refractivity contribution in [3.8, 4) is 0 Å². The molecule has 1 aromatic heterocycles. The van der Waals surface area contributed by atoms with Gasteiger partial charge < -0.3 is 10.4 Å². The molecule has 2 fully saturated rings. The molecule has 0 saturated heterocycles. The number of halogens is 2. The lowest BCUT2D eigenvalue weighted by atomic mass is 9.81. The first-order chi connectivity index (χ1) is 9.96. The summed E-state index contributed by atoms with van der Waals surface area (Å²) in [5.74, 6) is -3.15. The lowest BCUT2D eigenvalue weighted by Gasteiger charge is -2.42. The van der Waals surface area contributed by atoms with E-state index in [2.05, 4.69) is 10.4 Å². The molecule has 1 aromatic rings. The number of amides is 1. The number of nitrogens with zero attached hydrogens (tertiary/aromatic N) is 2. The minimum Gasteiger partial charge on any atom is -0.391 e. The second kappa shape index (κ2) is 5.36. The largest absolute Gasteiger partial charge is 0.391 e. The standard InChI is InChI=1S/C14H19F2N3O2/c15-14(16)4-2-9(3-5-14)13(21)18-10-8-11(20)12(10)19-7-1-6-17-19/h1,6-7,9-12,20H,2-5,8H2,(H,18,21)/t10-,11+,12+/m0/s1. The highest BCUT2D eigenvalue weighted by Gasteiger charge is 2.44. The summed E-state index contributed by atoms with van der Waals surface area (Å²) in [6.07, 6.45) is 3.30. The van der Waals surface area contributed by atoms with Gasteiger partial charge >= 0.3 is 0 Å². The van der Waals surface area contributed by atoms with Gasteiger partial charge in [-0.2, -0.15) is 5.10 Å². The summed E-state index contributed by atoms with van der Waals surface area (Å²) >= 11 is 0. The van der Waals surface area contributed by atoms with Crippen molar-refractivity contribution < 1.29 is 18.7 Å². The number of hydrogen-bond acceptors (Lipinski definition) is 3. The van der Waals surface area contributed by atoms with Crippen LogP contribution in [-0.4, -0.2) is 38.9 Å². The maximum atomic E-state index is 13.1. The zero-order valence-corrected chi connectivity index (χ0v) is 11.6. The predicted octanol–water partition coefficient (Wildman–Crippen LogP) is 1.50. The molecule has 0 aliphatic heterocycles. The molecule has 2 aliphatic rings. The van der Waals surface area contributed by atoms with Gasteiger partial charge in [0.2, 0.25) is 11.8 Å². The number of carbonyl (C=O) groups excluding carboxylic acids is 1. The van der Waals surface area contributed by atoms with E-state index < -0.39 is 12.0 Å². The maximum Gasteiger partial charge on any atom is 0.248 e. The molecule has 0 unspecified atom stereocenters. The summed E-state index contributed by atoms with van der Waals surface area (Å²) in [6, 6.07) is 1.30. The third-order valence-electron chi connectivity index (χ3n) is 4.55. The normalized spacial score (nSPS) is 32.4. The van der Waals surface area contributed by atoms with Crippen LogP contribution < -0.4 is 5.32 Å². The Bertz CT molecular complexity index is 496. The van der Waals surface area contributed by atoms with Crippen molar-refractivity contribution >= 4 is 5.91 Å². The van der Waals surface area contributed by atoms with Crippen molar-refractivity contribution in [1.29, 1.82) is 0 Å². The minimum atomic E-state index is -2.62. The van der Waals surface area contributed by atoms with Crippen molar-refractivity contribution in [1.82, 2.24) is 15.1 Å². The Labute approximate surface area is 121 Å². The molecule has 7 heteroatoms. The van der Waals surface area contributed by atoms with Crippen LogP contribution in [0, 0.1) is 5.92 Å². The van der Waals surface area contributed by atoms with Crippen LogP contribution in [-0.2, 0) is 4.79 Å². The Hall–Kier alpha value is -1.50. The average Bonchev–Trinajstić information content (AvgIpc) is 2.91. The molecule has 0 spiro atoms. The van der Waals surface area contributed by atoms with Gasteiger partial charge in [-0.25, -0.2) is 8.78 Å². The van der Waals surface area contributed by atoms with Crippen LogP contribution in [0.3, 0.4) is 0 Å². The van der Waals surface area contributed by atoms with Gasteiger partial charge in [-0.3, -0.25) is 9.48 Å². The van der Waals surface area contributed by atoms with E-state index in [0.717, 1.165) is 0 Å². The van der Waals surface area contributed by atoms with Gasteiger partial charge in [-0.15, -0.1) is 0 Å². The van der Waals surface area contributed by atoms with Gasteiger partial charge in [0, 0.05) is 31.2 Å². The van der Waals surface area contributed by atoms with Crippen LogP contribution in [0.15, 0.2) is 18.5 Å². The summed E-state index contributed by atoms with van der Waals surface area (Å²) in [7, 11) is 0. The van der Waals surface area contributed by atoms with Crippen LogP contribution in [0.5, 0.6) is 0 Å². The summed E-state index contributed by atoms with van der Waals surface area (Å²) in [5, 5.41) is 16.8. The van der Waals surface area contributed by atoms with Crippen LogP contribution in [0.25, 0.3) is 0 Å². The highest BCUT2D eigenvalue weighted by molar-refractivity contribution is 5.79. The van der Waals surface area contributed by atoms with Crippen molar-refractivity contribution in [2.45, 2.75) is 56.2 Å². The fourth-order valence-corrected chi connectivity index (χ4v) is 3.18. The molecule has 2 saturated carbocycles. The minimum absolute atomic E-state index is 0.181. The van der Waals surface area contributed by atoms with Crippen LogP contribution >= 0.6 is 0 Å². The predicted molar refractivity (Wildman–Crippen MR) is 70.7 cm³/mol. The molecule has 2 N–H and O–H groups in total.